The number of fused-ring (bicyclic) bond motifs is 6. The number of anilines is 1. The fourth-order valence-electron chi connectivity index (χ4n) is 6.07. The Labute approximate surface area is 147 Å². The number of carbonyl (C=O) groups is 2. The van der Waals surface area contributed by atoms with E-state index in [1.54, 1.807) is 7.11 Å². The quantitative estimate of drug-likeness (QED) is 0.852. The largest absolute Gasteiger partial charge is 0.377 e. The molecule has 5 nitrogen and oxygen atoms in total. The zero-order valence-electron chi connectivity index (χ0n) is 14.6. The van der Waals surface area contributed by atoms with E-state index in [9.17, 15) is 9.59 Å². The molecule has 0 aromatic heterocycles. The Morgan fingerprint density at radius 2 is 2.00 bits per heavy atom. The van der Waals surface area contributed by atoms with Crippen LogP contribution in [0.5, 0.6) is 0 Å². The van der Waals surface area contributed by atoms with Crippen LogP contribution >= 0.6 is 0 Å². The van der Waals surface area contributed by atoms with Crippen LogP contribution in [0.1, 0.15) is 44.1 Å². The number of nitrogens with zero attached hydrogens (tertiary/aromatic N) is 1. The molecule has 4 aliphatic rings. The van der Waals surface area contributed by atoms with E-state index in [-0.39, 0.29) is 23.6 Å². The molecule has 25 heavy (non-hydrogen) atoms. The molecular weight excluding hydrogens is 316 g/mol. The fraction of sp³-hybridized carbons (Fsp3) is 0.600. The van der Waals surface area contributed by atoms with Crippen molar-refractivity contribution < 1.29 is 14.3 Å². The molecule has 1 N–H and O–H groups in total. The van der Waals surface area contributed by atoms with Crippen molar-refractivity contribution in [3.8, 4) is 0 Å². The van der Waals surface area contributed by atoms with Crippen molar-refractivity contribution >= 4 is 17.4 Å². The summed E-state index contributed by atoms with van der Waals surface area (Å²) < 4.78 is 5.99. The maximum absolute atomic E-state index is 13.0. The minimum absolute atomic E-state index is 0.109. The lowest BCUT2D eigenvalue weighted by Gasteiger charge is -2.54. The summed E-state index contributed by atoms with van der Waals surface area (Å²) in [4.78, 5) is 27.7. The van der Waals surface area contributed by atoms with Crippen LogP contribution in [0.15, 0.2) is 24.3 Å². The summed E-state index contributed by atoms with van der Waals surface area (Å²) in [6.07, 6.45) is 4.69. The second-order valence-corrected chi connectivity index (χ2v) is 8.04. The number of carbonyl (C=O) groups excluding carboxylic acids is 2. The van der Waals surface area contributed by atoms with Gasteiger partial charge in [-0.1, -0.05) is 18.2 Å². The lowest BCUT2D eigenvalue weighted by molar-refractivity contribution is -0.155. The first-order chi connectivity index (χ1) is 12.1. The second-order valence-electron chi connectivity index (χ2n) is 8.04. The highest BCUT2D eigenvalue weighted by molar-refractivity contribution is 6.07. The topological polar surface area (TPSA) is 58.6 Å². The van der Waals surface area contributed by atoms with Crippen molar-refractivity contribution in [3.63, 3.8) is 0 Å². The van der Waals surface area contributed by atoms with E-state index in [1.807, 2.05) is 18.2 Å². The van der Waals surface area contributed by atoms with Crippen molar-refractivity contribution in [2.45, 2.75) is 61.6 Å². The molecule has 2 saturated heterocycles. The van der Waals surface area contributed by atoms with Gasteiger partial charge >= 0.3 is 0 Å². The van der Waals surface area contributed by atoms with Gasteiger partial charge < -0.3 is 10.1 Å². The van der Waals surface area contributed by atoms with Gasteiger partial charge in [0.15, 0.2) is 0 Å². The number of benzene rings is 1. The first-order valence-corrected chi connectivity index (χ1v) is 9.34. The molecule has 3 fully saturated rings. The van der Waals surface area contributed by atoms with E-state index in [0.717, 1.165) is 43.5 Å². The van der Waals surface area contributed by atoms with Crippen molar-refractivity contribution in [3.05, 3.63) is 29.8 Å². The maximum atomic E-state index is 13.0. The molecule has 0 unspecified atom stereocenters. The molecular formula is C20H24N2O3. The number of nitrogens with one attached hydrogen (secondary N) is 1. The third kappa shape index (κ3) is 1.86. The molecule has 132 valence electrons. The Bertz CT molecular complexity index is 763. The average molecular weight is 340 g/mol. The lowest BCUT2D eigenvalue weighted by atomic mass is 9.67. The van der Waals surface area contributed by atoms with Crippen LogP contribution in [0.4, 0.5) is 5.69 Å². The Hall–Kier alpha value is -1.72. The fourth-order valence-corrected chi connectivity index (χ4v) is 6.07. The van der Waals surface area contributed by atoms with Crippen molar-refractivity contribution in [1.29, 1.82) is 0 Å². The highest BCUT2D eigenvalue weighted by Gasteiger charge is 2.63. The van der Waals surface area contributed by atoms with Crippen molar-refractivity contribution in [2.75, 3.05) is 19.0 Å². The van der Waals surface area contributed by atoms with Crippen LogP contribution in [-0.4, -0.2) is 47.9 Å². The van der Waals surface area contributed by atoms with Gasteiger partial charge in [0.05, 0.1) is 11.0 Å². The van der Waals surface area contributed by atoms with Crippen molar-refractivity contribution in [1.82, 2.24) is 4.90 Å². The first kappa shape index (κ1) is 15.5. The molecule has 5 rings (SSSR count). The number of piperidine rings is 1. The van der Waals surface area contributed by atoms with E-state index in [0.29, 0.717) is 18.6 Å². The van der Waals surface area contributed by atoms with Crippen LogP contribution < -0.4 is 5.32 Å². The normalized spacial score (nSPS) is 39.9. The maximum Gasteiger partial charge on any atom is 0.236 e. The summed E-state index contributed by atoms with van der Waals surface area (Å²) in [7, 11) is 1.78. The van der Waals surface area contributed by atoms with Crippen LogP contribution in [0.3, 0.4) is 0 Å². The van der Waals surface area contributed by atoms with E-state index in [1.165, 1.54) is 0 Å². The van der Waals surface area contributed by atoms with Gasteiger partial charge in [-0.2, -0.15) is 0 Å². The number of amides is 1. The van der Waals surface area contributed by atoms with Gasteiger partial charge in [0, 0.05) is 44.3 Å². The summed E-state index contributed by atoms with van der Waals surface area (Å²) in [5, 5.41) is 3.10. The van der Waals surface area contributed by atoms with Gasteiger partial charge in [-0.25, -0.2) is 0 Å². The predicted molar refractivity (Wildman–Crippen MR) is 93.5 cm³/mol. The van der Waals surface area contributed by atoms with Gasteiger partial charge in [0.1, 0.15) is 5.78 Å². The molecule has 1 spiro atoms. The monoisotopic (exact) mass is 340 g/mol. The number of ether oxygens (including phenoxy) is 1. The van der Waals surface area contributed by atoms with Crippen LogP contribution in [0.25, 0.3) is 0 Å². The smallest absolute Gasteiger partial charge is 0.236 e. The van der Waals surface area contributed by atoms with Crippen LogP contribution in [-0.2, 0) is 19.7 Å². The Morgan fingerprint density at radius 1 is 1.16 bits per heavy atom. The summed E-state index contributed by atoms with van der Waals surface area (Å²) in [6, 6.07) is 8.36. The van der Waals surface area contributed by atoms with Gasteiger partial charge in [0.25, 0.3) is 0 Å². The molecule has 4 atom stereocenters. The minimum atomic E-state index is -0.461. The number of hydrogen-bond acceptors (Lipinski definition) is 4. The average Bonchev–Trinajstić information content (AvgIpc) is 3.15. The molecule has 0 radical (unpaired) electrons. The number of methoxy groups -OCH3 is 1. The van der Waals surface area contributed by atoms with Crippen LogP contribution in [0.2, 0.25) is 0 Å². The summed E-state index contributed by atoms with van der Waals surface area (Å²) in [5.41, 5.74) is 1.42. The first-order valence-electron chi connectivity index (χ1n) is 9.34. The Morgan fingerprint density at radius 3 is 2.84 bits per heavy atom. The number of ketones is 1. The zero-order chi connectivity index (χ0) is 17.2. The van der Waals surface area contributed by atoms with Gasteiger partial charge in [-0.05, 0) is 37.3 Å². The van der Waals surface area contributed by atoms with E-state index in [4.69, 9.17) is 4.74 Å². The lowest BCUT2D eigenvalue weighted by Crippen LogP contribution is -2.64. The molecule has 5 heteroatoms. The Balaban J connectivity index is 1.57. The van der Waals surface area contributed by atoms with Gasteiger partial charge in [-0.15, -0.1) is 0 Å². The van der Waals surface area contributed by atoms with Gasteiger partial charge in [0.2, 0.25) is 5.91 Å². The molecule has 0 bridgehead atoms. The third-order valence-electron chi connectivity index (χ3n) is 7.30. The van der Waals surface area contributed by atoms with E-state index < -0.39 is 5.41 Å². The molecule has 1 saturated carbocycles. The SMILES string of the molecule is CO[C@]12CCC(=O)C[C@H]1N1CC[C@@]3(C(=O)Nc4ccccc43)[C@@H]1CC2. The molecule has 1 aromatic rings. The number of hydrogen-bond donors (Lipinski definition) is 1. The summed E-state index contributed by atoms with van der Waals surface area (Å²) in [5.74, 6) is 0.462. The molecule has 3 heterocycles. The molecule has 1 aliphatic carbocycles. The number of para-hydroxylation sites is 1. The molecule has 1 amide bonds. The Kier molecular flexibility index (Phi) is 3.20. The van der Waals surface area contributed by atoms with Crippen molar-refractivity contribution in [2.24, 2.45) is 0 Å². The predicted octanol–water partition coefficient (Wildman–Crippen LogP) is 2.25. The minimum Gasteiger partial charge on any atom is -0.377 e. The summed E-state index contributed by atoms with van der Waals surface area (Å²) >= 11 is 0. The third-order valence-corrected chi connectivity index (χ3v) is 7.30. The van der Waals surface area contributed by atoms with Gasteiger partial charge in [-0.3, -0.25) is 14.5 Å². The standard InChI is InChI=1S/C20H24N2O3/c1-25-19-8-6-13(23)12-17(19)22-11-10-20(16(22)7-9-19)14-4-2-3-5-15(14)21-18(20)24/h2-5,16-17H,6-12H2,1H3,(H,21,24)/t16-,17+,19-,20-/m0/s1. The van der Waals surface area contributed by atoms with E-state index in [2.05, 4.69) is 16.3 Å². The highest BCUT2D eigenvalue weighted by Crippen LogP contribution is 2.55. The zero-order valence-corrected chi connectivity index (χ0v) is 14.6. The summed E-state index contributed by atoms with van der Waals surface area (Å²) in [6.45, 7) is 0.857. The highest BCUT2D eigenvalue weighted by atomic mass is 16.5. The number of Topliss-reactive ketones (excluding diaryl/α,β-unsaturated/α-hetero) is 1. The van der Waals surface area contributed by atoms with E-state index >= 15 is 0 Å². The molecule has 1 aromatic carbocycles. The second kappa shape index (κ2) is 5.15. The number of rotatable bonds is 1. The molecule has 3 aliphatic heterocycles. The van der Waals surface area contributed by atoms with Crippen LogP contribution in [0, 0.1) is 0 Å².